The Kier molecular flexibility index (Phi) is 9.54. The van der Waals surface area contributed by atoms with Gasteiger partial charge in [-0.25, -0.2) is 9.98 Å². The van der Waals surface area contributed by atoms with Gasteiger partial charge in [0.15, 0.2) is 5.96 Å². The summed E-state index contributed by atoms with van der Waals surface area (Å²) in [5, 5.41) is 3.90. The molecule has 0 aliphatic heterocycles. The Morgan fingerprint density at radius 2 is 2.05 bits per heavy atom. The van der Waals surface area contributed by atoms with Gasteiger partial charge in [0.2, 0.25) is 5.88 Å². The molecule has 3 N–H and O–H groups in total. The molecule has 1 aromatic heterocycles. The van der Waals surface area contributed by atoms with Gasteiger partial charge in [0.05, 0.1) is 11.6 Å². The predicted molar refractivity (Wildman–Crippen MR) is 101 cm³/mol. The number of nitrogens with two attached hydrogens (primary N) is 1. The molecule has 1 heterocycles. The van der Waals surface area contributed by atoms with E-state index in [9.17, 15) is 0 Å². The molecule has 0 atom stereocenters. The van der Waals surface area contributed by atoms with Crippen LogP contribution >= 0.6 is 35.6 Å². The molecule has 0 spiro atoms. The molecule has 1 saturated carbocycles. The van der Waals surface area contributed by atoms with E-state index in [-0.39, 0.29) is 24.0 Å². The highest BCUT2D eigenvalue weighted by Crippen LogP contribution is 2.16. The van der Waals surface area contributed by atoms with Gasteiger partial charge in [-0.2, -0.15) is 0 Å². The standard InChI is InChI=1S/C15H23ClN4O.HI/c16-12-7-8-14(19-11-12)21-10-9-18-15(17)20-13-5-3-1-2-4-6-13;/h7-8,11,13H,1-6,9-10H2,(H3,17,18,20);1H. The summed E-state index contributed by atoms with van der Waals surface area (Å²) in [5.41, 5.74) is 5.91. The van der Waals surface area contributed by atoms with Gasteiger partial charge in [-0.3, -0.25) is 0 Å². The average molecular weight is 439 g/mol. The lowest BCUT2D eigenvalue weighted by Gasteiger charge is -2.16. The molecule has 0 radical (unpaired) electrons. The normalized spacial score (nSPS) is 16.5. The van der Waals surface area contributed by atoms with Crippen molar-refractivity contribution in [3.8, 4) is 5.88 Å². The highest BCUT2D eigenvalue weighted by molar-refractivity contribution is 14.0. The first-order valence-electron chi connectivity index (χ1n) is 7.55. The van der Waals surface area contributed by atoms with Crippen LogP contribution in [0.3, 0.4) is 0 Å². The van der Waals surface area contributed by atoms with Gasteiger partial charge < -0.3 is 15.8 Å². The molecule has 1 aliphatic rings. The number of ether oxygens (including phenoxy) is 1. The van der Waals surface area contributed by atoms with E-state index in [0.29, 0.717) is 36.1 Å². The quantitative estimate of drug-likeness (QED) is 0.243. The molecule has 2 rings (SSSR count). The van der Waals surface area contributed by atoms with Crippen LogP contribution in [0.5, 0.6) is 5.88 Å². The maximum absolute atomic E-state index is 5.91. The Hall–Kier alpha value is -0.760. The highest BCUT2D eigenvalue weighted by Gasteiger charge is 2.11. The first-order chi connectivity index (χ1) is 10.2. The van der Waals surface area contributed by atoms with Crippen LogP contribution < -0.4 is 15.8 Å². The van der Waals surface area contributed by atoms with Crippen molar-refractivity contribution in [3.63, 3.8) is 0 Å². The number of aliphatic imine (C=N–C) groups is 1. The summed E-state index contributed by atoms with van der Waals surface area (Å²) in [5.74, 6) is 1.06. The molecule has 1 aliphatic carbocycles. The molecular formula is C15H24ClIN4O. The van der Waals surface area contributed by atoms with Gasteiger partial charge in [0.1, 0.15) is 6.61 Å². The summed E-state index contributed by atoms with van der Waals surface area (Å²) >= 11 is 5.75. The fourth-order valence-corrected chi connectivity index (χ4v) is 2.55. The largest absolute Gasteiger partial charge is 0.476 e. The van der Waals surface area contributed by atoms with Gasteiger partial charge in [-0.15, -0.1) is 24.0 Å². The summed E-state index contributed by atoms with van der Waals surface area (Å²) in [6, 6.07) is 3.95. The van der Waals surface area contributed by atoms with E-state index in [1.807, 2.05) is 0 Å². The van der Waals surface area contributed by atoms with Crippen molar-refractivity contribution in [3.05, 3.63) is 23.4 Å². The second-order valence-electron chi connectivity index (χ2n) is 5.26. The molecule has 124 valence electrons. The Morgan fingerprint density at radius 3 is 2.68 bits per heavy atom. The SMILES string of the molecule is I.NC(=NCCOc1ccc(Cl)cn1)NC1CCCCCC1. The highest BCUT2D eigenvalue weighted by atomic mass is 127. The van der Waals surface area contributed by atoms with Crippen LogP contribution in [0.25, 0.3) is 0 Å². The van der Waals surface area contributed by atoms with Crippen LogP contribution in [-0.4, -0.2) is 30.1 Å². The van der Waals surface area contributed by atoms with Crippen LogP contribution in [0.2, 0.25) is 5.02 Å². The smallest absolute Gasteiger partial charge is 0.213 e. The lowest BCUT2D eigenvalue weighted by atomic mass is 10.1. The van der Waals surface area contributed by atoms with Crippen LogP contribution in [0.15, 0.2) is 23.3 Å². The van der Waals surface area contributed by atoms with Crippen molar-refractivity contribution in [2.75, 3.05) is 13.2 Å². The molecule has 5 nitrogen and oxygen atoms in total. The van der Waals surface area contributed by atoms with E-state index < -0.39 is 0 Å². The predicted octanol–water partition coefficient (Wildman–Crippen LogP) is 3.36. The Labute approximate surface area is 154 Å². The van der Waals surface area contributed by atoms with Crippen molar-refractivity contribution in [1.29, 1.82) is 0 Å². The molecule has 7 heteroatoms. The summed E-state index contributed by atoms with van der Waals surface area (Å²) in [6.45, 7) is 0.956. The maximum Gasteiger partial charge on any atom is 0.213 e. The minimum absolute atomic E-state index is 0. The molecule has 1 aromatic rings. The third-order valence-corrected chi connectivity index (χ3v) is 3.75. The Bertz CT molecular complexity index is 447. The number of hydrogen-bond acceptors (Lipinski definition) is 3. The first kappa shape index (κ1) is 19.3. The zero-order valence-electron chi connectivity index (χ0n) is 12.6. The molecule has 22 heavy (non-hydrogen) atoms. The molecule has 0 aromatic carbocycles. The van der Waals surface area contributed by atoms with Crippen LogP contribution in [0.1, 0.15) is 38.5 Å². The van der Waals surface area contributed by atoms with E-state index in [1.165, 1.54) is 38.5 Å². The molecule has 0 saturated heterocycles. The fraction of sp³-hybridized carbons (Fsp3) is 0.600. The minimum Gasteiger partial charge on any atom is -0.476 e. The van der Waals surface area contributed by atoms with E-state index in [0.717, 1.165) is 0 Å². The van der Waals surface area contributed by atoms with E-state index in [1.54, 1.807) is 18.3 Å². The number of guanidine groups is 1. The first-order valence-corrected chi connectivity index (χ1v) is 7.92. The summed E-state index contributed by atoms with van der Waals surface area (Å²) in [6.07, 6.45) is 9.13. The van der Waals surface area contributed by atoms with Gasteiger partial charge in [0.25, 0.3) is 0 Å². The van der Waals surface area contributed by atoms with Gasteiger partial charge in [-0.1, -0.05) is 37.3 Å². The lowest BCUT2D eigenvalue weighted by Crippen LogP contribution is -2.40. The van der Waals surface area contributed by atoms with Crippen molar-refractivity contribution in [2.45, 2.75) is 44.6 Å². The number of hydrogen-bond donors (Lipinski definition) is 2. The Morgan fingerprint density at radius 1 is 1.32 bits per heavy atom. The van der Waals surface area contributed by atoms with Crippen LogP contribution in [-0.2, 0) is 0 Å². The number of nitrogens with one attached hydrogen (secondary N) is 1. The number of pyridine rings is 1. The third kappa shape index (κ3) is 7.49. The monoisotopic (exact) mass is 438 g/mol. The van der Waals surface area contributed by atoms with Crippen molar-refractivity contribution < 1.29 is 4.74 Å². The Balaban J connectivity index is 0.00000242. The number of aromatic nitrogens is 1. The number of rotatable bonds is 5. The maximum atomic E-state index is 5.91. The summed E-state index contributed by atoms with van der Waals surface area (Å²) < 4.78 is 5.46. The van der Waals surface area contributed by atoms with Gasteiger partial charge >= 0.3 is 0 Å². The van der Waals surface area contributed by atoms with Crippen LogP contribution in [0, 0.1) is 0 Å². The second-order valence-corrected chi connectivity index (χ2v) is 5.70. The van der Waals surface area contributed by atoms with Crippen molar-refractivity contribution in [2.24, 2.45) is 10.7 Å². The molecule has 0 unspecified atom stereocenters. The van der Waals surface area contributed by atoms with E-state index in [4.69, 9.17) is 22.1 Å². The topological polar surface area (TPSA) is 72.5 Å². The zero-order chi connectivity index (χ0) is 14.9. The van der Waals surface area contributed by atoms with Crippen LogP contribution in [0.4, 0.5) is 0 Å². The number of nitrogens with zero attached hydrogens (tertiary/aromatic N) is 2. The van der Waals surface area contributed by atoms with Crippen molar-refractivity contribution in [1.82, 2.24) is 10.3 Å². The number of halogens is 2. The van der Waals surface area contributed by atoms with Crippen molar-refractivity contribution >= 4 is 41.5 Å². The third-order valence-electron chi connectivity index (χ3n) is 3.53. The molecule has 0 bridgehead atoms. The van der Waals surface area contributed by atoms with E-state index >= 15 is 0 Å². The summed E-state index contributed by atoms with van der Waals surface area (Å²) in [7, 11) is 0. The van der Waals surface area contributed by atoms with Gasteiger partial charge in [-0.05, 0) is 18.9 Å². The fourth-order valence-electron chi connectivity index (χ4n) is 2.44. The molecule has 0 amide bonds. The second kappa shape index (κ2) is 10.9. The zero-order valence-corrected chi connectivity index (χ0v) is 15.7. The average Bonchev–Trinajstić information content (AvgIpc) is 2.74. The summed E-state index contributed by atoms with van der Waals surface area (Å²) in [4.78, 5) is 8.34. The minimum atomic E-state index is 0. The van der Waals surface area contributed by atoms with Gasteiger partial charge in [0, 0.05) is 18.3 Å². The molecular weight excluding hydrogens is 415 g/mol. The lowest BCUT2D eigenvalue weighted by molar-refractivity contribution is 0.316. The van der Waals surface area contributed by atoms with E-state index in [2.05, 4.69) is 15.3 Å². The molecule has 1 fully saturated rings.